The number of rotatable bonds is 0. The number of hydrogen-bond acceptors (Lipinski definition) is 0. The summed E-state index contributed by atoms with van der Waals surface area (Å²) in [5.41, 5.74) is 9.51. The maximum atomic E-state index is 2.34. The third-order valence-electron chi connectivity index (χ3n) is 5.40. The Hall–Kier alpha value is -0.326. The molecule has 1 heteroatoms. The van der Waals surface area contributed by atoms with Crippen molar-refractivity contribution in [1.82, 2.24) is 0 Å². The molecule has 0 bridgehead atoms. The molecule has 0 saturated carbocycles. The first kappa shape index (κ1) is 21.7. The summed E-state index contributed by atoms with van der Waals surface area (Å²) < 4.78 is 0. The summed E-state index contributed by atoms with van der Waals surface area (Å²) >= 11 is 2.00. The Balaban J connectivity index is 0.000000360. The summed E-state index contributed by atoms with van der Waals surface area (Å²) in [7, 11) is 0. The molecule has 0 atom stereocenters. The van der Waals surface area contributed by atoms with Gasteiger partial charge in [0.05, 0.1) is 0 Å². The molecule has 0 heterocycles. The van der Waals surface area contributed by atoms with Crippen LogP contribution < -0.4 is 0 Å². The zero-order valence-corrected chi connectivity index (χ0v) is 18.2. The summed E-state index contributed by atoms with van der Waals surface area (Å²) in [6.45, 7) is 22.3. The Morgan fingerprint density at radius 2 is 0.818 bits per heavy atom. The fraction of sp³-hybridized carbons (Fsp3) is 0.619. The summed E-state index contributed by atoms with van der Waals surface area (Å²) in [4.78, 5) is 0. The molecule has 0 aromatic rings. The van der Waals surface area contributed by atoms with Crippen molar-refractivity contribution in [3.05, 3.63) is 45.6 Å². The summed E-state index contributed by atoms with van der Waals surface area (Å²) in [5.74, 6) is 0. The minimum atomic E-state index is 0.314. The Kier molecular flexibility index (Phi) is 7.86. The van der Waals surface area contributed by atoms with E-state index in [0.29, 0.717) is 10.8 Å². The number of hydrogen-bond donors (Lipinski definition) is 0. The molecule has 2 aliphatic carbocycles. The second-order valence-electron chi connectivity index (χ2n) is 7.60. The second-order valence-corrected chi connectivity index (χ2v) is 7.60. The van der Waals surface area contributed by atoms with E-state index in [1.165, 1.54) is 33.4 Å². The van der Waals surface area contributed by atoms with Gasteiger partial charge in [0.15, 0.2) is 0 Å². The van der Waals surface area contributed by atoms with Crippen molar-refractivity contribution in [2.75, 3.05) is 0 Å². The molecule has 0 fully saturated rings. The Bertz CT molecular complexity index is 484. The monoisotopic (exact) mass is 335 g/mol. The first-order valence-corrected chi connectivity index (χ1v) is 9.72. The van der Waals surface area contributed by atoms with Crippen LogP contribution in [0.1, 0.15) is 69.2 Å². The molecule has 0 amide bonds. The van der Waals surface area contributed by atoms with E-state index in [0.717, 1.165) is 0 Å². The molecule has 0 radical (unpaired) electrons. The molecule has 0 N–H and O–H groups in total. The predicted octanol–water partition coefficient (Wildman–Crippen LogP) is 7.20. The van der Waals surface area contributed by atoms with E-state index in [2.05, 4.69) is 81.4 Å². The molecular weight excluding hydrogens is 300 g/mol. The van der Waals surface area contributed by atoms with Gasteiger partial charge in [-0.1, -0.05) is 62.1 Å². The van der Waals surface area contributed by atoms with Gasteiger partial charge in [-0.05, 0) is 52.7 Å². The van der Waals surface area contributed by atoms with Gasteiger partial charge in [0, 0.05) is 10.8 Å². The molecular formula is C21H35Ti. The Morgan fingerprint density at radius 3 is 0.864 bits per heavy atom. The van der Waals surface area contributed by atoms with Crippen LogP contribution in [0.5, 0.6) is 0 Å². The molecule has 0 saturated heterocycles. The molecule has 2 aliphatic rings. The van der Waals surface area contributed by atoms with E-state index in [9.17, 15) is 0 Å². The van der Waals surface area contributed by atoms with Crippen molar-refractivity contribution in [3.8, 4) is 0 Å². The number of allylic oxidation sites excluding steroid dienone is 8. The van der Waals surface area contributed by atoms with E-state index in [1.54, 1.807) is 0 Å². The third-order valence-corrected chi connectivity index (χ3v) is 5.40. The zero-order chi connectivity index (χ0) is 17.9. The molecule has 0 aromatic heterocycles. The van der Waals surface area contributed by atoms with Crippen LogP contribution in [0.3, 0.4) is 0 Å². The van der Waals surface area contributed by atoms with Gasteiger partial charge in [0.2, 0.25) is 0 Å². The van der Waals surface area contributed by atoms with Gasteiger partial charge in [-0.25, -0.2) is 0 Å². The molecule has 123 valence electrons. The van der Waals surface area contributed by atoms with Crippen molar-refractivity contribution in [2.24, 2.45) is 10.8 Å². The molecule has 0 unspecified atom stereocenters. The fourth-order valence-electron chi connectivity index (χ4n) is 3.07. The quantitative estimate of drug-likeness (QED) is 0.411. The van der Waals surface area contributed by atoms with Crippen molar-refractivity contribution in [3.63, 3.8) is 0 Å². The van der Waals surface area contributed by atoms with Crippen molar-refractivity contribution in [2.45, 2.75) is 74.5 Å². The van der Waals surface area contributed by atoms with Gasteiger partial charge >= 0.3 is 25.7 Å². The zero-order valence-electron chi connectivity index (χ0n) is 16.7. The molecule has 0 aromatic carbocycles. The van der Waals surface area contributed by atoms with Crippen LogP contribution >= 0.6 is 0 Å². The van der Waals surface area contributed by atoms with Crippen LogP contribution in [0, 0.1) is 10.8 Å². The minimum absolute atomic E-state index is 0.314. The summed E-state index contributed by atoms with van der Waals surface area (Å²) in [6.07, 6.45) is 4.69. The second kappa shape index (κ2) is 7.98. The van der Waals surface area contributed by atoms with Crippen molar-refractivity contribution >= 4 is 0 Å². The molecule has 0 aliphatic heterocycles. The van der Waals surface area contributed by atoms with E-state index in [4.69, 9.17) is 0 Å². The van der Waals surface area contributed by atoms with E-state index in [1.807, 2.05) is 25.7 Å². The van der Waals surface area contributed by atoms with Crippen LogP contribution in [-0.4, -0.2) is 0 Å². The molecule has 22 heavy (non-hydrogen) atoms. The Labute approximate surface area is 151 Å². The third kappa shape index (κ3) is 4.83. The van der Waals surface area contributed by atoms with Gasteiger partial charge in [-0.3, -0.25) is 0 Å². The van der Waals surface area contributed by atoms with Crippen molar-refractivity contribution in [1.29, 1.82) is 0 Å². The standard InChI is InChI=1S/2C10H16.CH3.Ti/c2*1-7-6-10(4,5)9(3)8(7)2;;/h2*6H,1-5H3;1H3;. The SMILES string of the molecule is CC1=CC(C)(C)C(C)=C1C.CC1=CC(C)(C)C(C)=C1C.[CH3][Ti]. The van der Waals surface area contributed by atoms with Crippen LogP contribution in [0.15, 0.2) is 45.6 Å². The van der Waals surface area contributed by atoms with Crippen LogP contribution in [0.4, 0.5) is 0 Å². The van der Waals surface area contributed by atoms with Gasteiger partial charge in [0.1, 0.15) is 0 Å². The molecule has 0 nitrogen and oxygen atoms in total. The molecule has 2 rings (SSSR count). The van der Waals surface area contributed by atoms with E-state index in [-0.39, 0.29) is 0 Å². The van der Waals surface area contributed by atoms with Gasteiger partial charge in [-0.15, -0.1) is 0 Å². The first-order valence-electron chi connectivity index (χ1n) is 8.15. The maximum absolute atomic E-state index is 2.34. The predicted molar refractivity (Wildman–Crippen MR) is 97.7 cm³/mol. The van der Waals surface area contributed by atoms with E-state index < -0.39 is 0 Å². The van der Waals surface area contributed by atoms with Crippen LogP contribution in [0.25, 0.3) is 0 Å². The average Bonchev–Trinajstić information content (AvgIpc) is 2.72. The van der Waals surface area contributed by atoms with Gasteiger partial charge in [0.25, 0.3) is 0 Å². The van der Waals surface area contributed by atoms with Gasteiger partial charge in [-0.2, -0.15) is 0 Å². The Morgan fingerprint density at radius 1 is 0.591 bits per heavy atom. The van der Waals surface area contributed by atoms with Crippen molar-refractivity contribution < 1.29 is 20.4 Å². The van der Waals surface area contributed by atoms with Crippen LogP contribution in [-0.2, 0) is 20.4 Å². The normalized spacial score (nSPS) is 21.5. The topological polar surface area (TPSA) is 0 Å². The van der Waals surface area contributed by atoms with Crippen LogP contribution in [0.2, 0.25) is 5.23 Å². The molecule has 0 spiro atoms. The summed E-state index contributed by atoms with van der Waals surface area (Å²) in [6, 6.07) is 0. The van der Waals surface area contributed by atoms with E-state index >= 15 is 0 Å². The summed E-state index contributed by atoms with van der Waals surface area (Å²) in [5, 5.41) is 2.00. The van der Waals surface area contributed by atoms with Gasteiger partial charge < -0.3 is 0 Å². The fourth-order valence-corrected chi connectivity index (χ4v) is 3.07. The first-order chi connectivity index (χ1) is 9.90. The average molecular weight is 335 g/mol.